The molecule has 162 valence electrons. The van der Waals surface area contributed by atoms with Gasteiger partial charge in [-0.2, -0.15) is 0 Å². The van der Waals surface area contributed by atoms with Crippen LogP contribution in [0.5, 0.6) is 0 Å². The molecule has 31 heavy (non-hydrogen) atoms. The molecule has 6 heteroatoms. The highest BCUT2D eigenvalue weighted by molar-refractivity contribution is 9.10. The van der Waals surface area contributed by atoms with E-state index in [1.807, 2.05) is 56.3 Å². The van der Waals surface area contributed by atoms with Gasteiger partial charge in [-0.1, -0.05) is 60.2 Å². The second-order valence-electron chi connectivity index (χ2n) is 7.61. The highest BCUT2D eigenvalue weighted by atomic mass is 79.9. The van der Waals surface area contributed by atoms with Crippen LogP contribution in [0.3, 0.4) is 0 Å². The van der Waals surface area contributed by atoms with Gasteiger partial charge >= 0.3 is 5.97 Å². The second-order valence-corrected chi connectivity index (χ2v) is 10.3. The number of hydrogen-bond donors (Lipinski definition) is 0. The fourth-order valence-corrected chi connectivity index (χ4v) is 6.81. The van der Waals surface area contributed by atoms with Crippen LogP contribution in [0.4, 0.5) is 0 Å². The molecular formula is C25H25BrO4S. The average Bonchev–Trinajstić information content (AvgIpc) is 2.73. The number of rotatable bonds is 6. The van der Waals surface area contributed by atoms with E-state index in [4.69, 9.17) is 4.74 Å². The van der Waals surface area contributed by atoms with Crippen LogP contribution >= 0.6 is 15.9 Å². The average molecular weight is 501 g/mol. The van der Waals surface area contributed by atoms with Crippen molar-refractivity contribution in [3.8, 4) is 11.1 Å². The van der Waals surface area contributed by atoms with Gasteiger partial charge in [0.15, 0.2) is 9.84 Å². The van der Waals surface area contributed by atoms with Gasteiger partial charge in [-0.05, 0) is 70.1 Å². The maximum Gasteiger partial charge on any atom is 0.310 e. The predicted octanol–water partition coefficient (Wildman–Crippen LogP) is 5.73. The van der Waals surface area contributed by atoms with Gasteiger partial charge in [0.25, 0.3) is 0 Å². The second kappa shape index (κ2) is 9.37. The Bertz CT molecular complexity index is 1210. The van der Waals surface area contributed by atoms with E-state index in [2.05, 4.69) is 15.9 Å². The van der Waals surface area contributed by atoms with Crippen molar-refractivity contribution in [2.45, 2.75) is 37.8 Å². The van der Waals surface area contributed by atoms with E-state index in [1.165, 1.54) is 7.11 Å². The molecule has 3 aromatic carbocycles. The summed E-state index contributed by atoms with van der Waals surface area (Å²) < 4.78 is 32.3. The number of methoxy groups -OCH3 is 1. The van der Waals surface area contributed by atoms with Gasteiger partial charge in [-0.3, -0.25) is 4.79 Å². The standard InChI is InChI=1S/C25H25BrO4S/c1-16-10-12-20(13-11-16)23-18(3)24(26)25(17(2)21(23)14-22(27)30-4)31(28,29)15-19-8-6-5-7-9-19/h5-13H,14-15H2,1-4H3. The molecular weight excluding hydrogens is 476 g/mol. The molecule has 3 aromatic rings. The molecule has 0 N–H and O–H groups in total. The van der Waals surface area contributed by atoms with Crippen molar-refractivity contribution >= 4 is 31.7 Å². The minimum atomic E-state index is -3.67. The third kappa shape index (κ3) is 4.91. The van der Waals surface area contributed by atoms with Crippen LogP contribution < -0.4 is 0 Å². The van der Waals surface area contributed by atoms with Crippen LogP contribution in [0.25, 0.3) is 11.1 Å². The van der Waals surface area contributed by atoms with Crippen molar-refractivity contribution in [1.82, 2.24) is 0 Å². The van der Waals surface area contributed by atoms with Crippen molar-refractivity contribution in [1.29, 1.82) is 0 Å². The number of aryl methyl sites for hydroxylation is 1. The lowest BCUT2D eigenvalue weighted by molar-refractivity contribution is -0.139. The predicted molar refractivity (Wildman–Crippen MR) is 127 cm³/mol. The zero-order valence-electron chi connectivity index (χ0n) is 18.0. The first-order valence-corrected chi connectivity index (χ1v) is 12.3. The molecule has 3 rings (SSSR count). The normalized spacial score (nSPS) is 11.4. The van der Waals surface area contributed by atoms with E-state index in [0.717, 1.165) is 22.3 Å². The van der Waals surface area contributed by atoms with Crippen LogP contribution in [-0.4, -0.2) is 21.5 Å². The first-order valence-electron chi connectivity index (χ1n) is 9.87. The lowest BCUT2D eigenvalue weighted by atomic mass is 9.89. The number of hydrogen-bond acceptors (Lipinski definition) is 4. The van der Waals surface area contributed by atoms with Crippen molar-refractivity contribution in [2.24, 2.45) is 0 Å². The number of carbonyl (C=O) groups is 1. The van der Waals surface area contributed by atoms with Crippen LogP contribution in [0, 0.1) is 20.8 Å². The van der Waals surface area contributed by atoms with Gasteiger partial charge in [0.2, 0.25) is 0 Å². The Kier molecular flexibility index (Phi) is 7.02. The minimum absolute atomic E-state index is 0.00643. The summed E-state index contributed by atoms with van der Waals surface area (Å²) >= 11 is 3.56. The molecule has 0 heterocycles. The number of carbonyl (C=O) groups excluding carboxylic acids is 1. The number of benzene rings is 3. The van der Waals surface area contributed by atoms with Crippen molar-refractivity contribution in [3.63, 3.8) is 0 Å². The highest BCUT2D eigenvalue weighted by Crippen LogP contribution is 2.41. The Balaban J connectivity index is 2.27. The SMILES string of the molecule is COC(=O)Cc1c(C)c(S(=O)(=O)Cc2ccccc2)c(Br)c(C)c1-c1ccc(C)cc1. The number of halogens is 1. The maximum absolute atomic E-state index is 13.4. The van der Waals surface area contributed by atoms with Gasteiger partial charge in [0, 0.05) is 4.47 Å². The number of sulfone groups is 1. The lowest BCUT2D eigenvalue weighted by Gasteiger charge is -2.22. The Morgan fingerprint density at radius 1 is 0.935 bits per heavy atom. The minimum Gasteiger partial charge on any atom is -0.469 e. The van der Waals surface area contributed by atoms with Crippen LogP contribution in [0.2, 0.25) is 0 Å². The first kappa shape index (κ1) is 23.2. The Morgan fingerprint density at radius 3 is 2.13 bits per heavy atom. The third-order valence-corrected chi connectivity index (χ3v) is 8.50. The summed E-state index contributed by atoms with van der Waals surface area (Å²) in [7, 11) is -2.33. The molecule has 0 aliphatic rings. The summed E-state index contributed by atoms with van der Waals surface area (Å²) in [6.07, 6.45) is -0.00643. The third-order valence-electron chi connectivity index (χ3n) is 5.40. The number of ether oxygens (including phenoxy) is 1. The topological polar surface area (TPSA) is 60.4 Å². The Hall–Kier alpha value is -2.44. The summed E-state index contributed by atoms with van der Waals surface area (Å²) in [6.45, 7) is 5.64. The maximum atomic E-state index is 13.4. The summed E-state index contributed by atoms with van der Waals surface area (Å²) in [4.78, 5) is 12.5. The molecule has 0 saturated heterocycles. The summed E-state index contributed by atoms with van der Waals surface area (Å²) in [5.74, 6) is -0.529. The zero-order valence-corrected chi connectivity index (χ0v) is 20.4. The van der Waals surface area contributed by atoms with Crippen molar-refractivity contribution in [2.75, 3.05) is 7.11 Å². The van der Waals surface area contributed by atoms with Crippen LogP contribution in [0.1, 0.15) is 27.8 Å². The summed E-state index contributed by atoms with van der Waals surface area (Å²) in [5, 5.41) is 0. The van der Waals surface area contributed by atoms with E-state index < -0.39 is 15.8 Å². The molecule has 0 bridgehead atoms. The highest BCUT2D eigenvalue weighted by Gasteiger charge is 2.28. The van der Waals surface area contributed by atoms with E-state index >= 15 is 0 Å². The molecule has 0 radical (unpaired) electrons. The van der Waals surface area contributed by atoms with Crippen LogP contribution in [0.15, 0.2) is 64.0 Å². The fourth-order valence-electron chi connectivity index (χ4n) is 3.78. The quantitative estimate of drug-likeness (QED) is 0.405. The number of esters is 1. The summed E-state index contributed by atoms with van der Waals surface area (Å²) in [5.41, 5.74) is 5.63. The summed E-state index contributed by atoms with van der Waals surface area (Å²) in [6, 6.07) is 17.1. The molecule has 0 aliphatic heterocycles. The smallest absolute Gasteiger partial charge is 0.310 e. The molecule has 0 unspecified atom stereocenters. The molecule has 0 aliphatic carbocycles. The monoisotopic (exact) mass is 500 g/mol. The van der Waals surface area contributed by atoms with E-state index in [9.17, 15) is 13.2 Å². The first-order chi connectivity index (χ1) is 14.7. The van der Waals surface area contributed by atoms with Crippen molar-refractivity contribution in [3.05, 3.63) is 86.9 Å². The van der Waals surface area contributed by atoms with Gasteiger partial charge in [0.1, 0.15) is 0 Å². The van der Waals surface area contributed by atoms with E-state index in [-0.39, 0.29) is 17.1 Å². The lowest BCUT2D eigenvalue weighted by Crippen LogP contribution is -2.14. The molecule has 0 saturated carbocycles. The fraction of sp³-hybridized carbons (Fsp3) is 0.240. The molecule has 0 amide bonds. The molecule has 4 nitrogen and oxygen atoms in total. The largest absolute Gasteiger partial charge is 0.469 e. The van der Waals surface area contributed by atoms with Gasteiger partial charge in [0.05, 0.1) is 24.2 Å². The van der Waals surface area contributed by atoms with Crippen molar-refractivity contribution < 1.29 is 17.9 Å². The van der Waals surface area contributed by atoms with E-state index in [0.29, 0.717) is 21.2 Å². The molecule has 0 spiro atoms. The van der Waals surface area contributed by atoms with E-state index in [1.54, 1.807) is 19.1 Å². The Morgan fingerprint density at radius 2 is 1.55 bits per heavy atom. The zero-order chi connectivity index (χ0) is 22.8. The van der Waals surface area contributed by atoms with Gasteiger partial charge in [-0.25, -0.2) is 8.42 Å². The molecule has 0 aromatic heterocycles. The Labute approximate surface area is 192 Å². The van der Waals surface area contributed by atoms with Gasteiger partial charge < -0.3 is 4.74 Å². The van der Waals surface area contributed by atoms with Crippen LogP contribution in [-0.2, 0) is 31.5 Å². The molecule has 0 atom stereocenters. The van der Waals surface area contributed by atoms with Gasteiger partial charge in [-0.15, -0.1) is 0 Å². The molecule has 0 fully saturated rings.